The highest BCUT2D eigenvalue weighted by Crippen LogP contribution is 2.05. The van der Waals surface area contributed by atoms with Crippen LogP contribution in [0.2, 0.25) is 0 Å². The van der Waals surface area contributed by atoms with Crippen LogP contribution in [0.3, 0.4) is 0 Å². The molecule has 3 N–H and O–H groups in total. The van der Waals surface area contributed by atoms with Crippen molar-refractivity contribution in [3.8, 4) is 0 Å². The summed E-state index contributed by atoms with van der Waals surface area (Å²) < 4.78 is 4.67. The van der Waals surface area contributed by atoms with Crippen molar-refractivity contribution in [2.75, 3.05) is 0 Å². The average molecular weight is 150 g/mol. The van der Waals surface area contributed by atoms with Crippen LogP contribution in [0.1, 0.15) is 6.92 Å². The third kappa shape index (κ3) is 2.01. The van der Waals surface area contributed by atoms with Crippen LogP contribution >= 0.6 is 9.47 Å². The number of hydrogen-bond acceptors (Lipinski definition) is 3. The lowest BCUT2D eigenvalue weighted by atomic mass is 10.3. The molecular weight excluding hydrogens is 139 g/mol. The van der Waals surface area contributed by atoms with E-state index in [1.807, 2.05) is 9.47 Å². The molecule has 0 aromatic rings. The first-order chi connectivity index (χ1) is 4.06. The molecule has 5 heteroatoms. The zero-order chi connectivity index (χ0) is 7.49. The maximum absolute atomic E-state index is 10.5. The number of hydroxylamine groups is 1. The summed E-state index contributed by atoms with van der Waals surface area (Å²) in [4.78, 5) is 0. The maximum atomic E-state index is 10.5. The lowest BCUT2D eigenvalue weighted by Crippen LogP contribution is -3.20. The molecule has 4 nitrogen and oxygen atoms in total. The van der Waals surface area contributed by atoms with Crippen molar-refractivity contribution in [2.45, 2.75) is 12.6 Å². The first-order valence-electron chi connectivity index (χ1n) is 2.38. The Bertz CT molecular complexity index is 109. The molecule has 0 rings (SSSR count). The van der Waals surface area contributed by atoms with Crippen molar-refractivity contribution >= 4 is 9.47 Å². The Morgan fingerprint density at radius 2 is 2.44 bits per heavy atom. The SMILES string of the molecule is C=CC(C)(OP)[NH+](N)[O-]. The molecule has 3 unspecified atom stereocenters. The van der Waals surface area contributed by atoms with Crippen molar-refractivity contribution in [3.63, 3.8) is 0 Å². The van der Waals surface area contributed by atoms with Gasteiger partial charge in [-0.2, -0.15) is 5.84 Å². The molecule has 0 fully saturated rings. The third-order valence-corrected chi connectivity index (χ3v) is 1.61. The second-order valence-corrected chi connectivity index (χ2v) is 2.03. The molecular formula is C4H11N2O2P. The molecule has 0 aromatic carbocycles. The van der Waals surface area contributed by atoms with Gasteiger partial charge >= 0.3 is 0 Å². The van der Waals surface area contributed by atoms with Gasteiger partial charge in [0, 0.05) is 16.4 Å². The number of nitrogens with two attached hydrogens (primary N) is 1. The van der Waals surface area contributed by atoms with E-state index in [2.05, 4.69) is 11.1 Å². The van der Waals surface area contributed by atoms with Crippen molar-refractivity contribution in [3.05, 3.63) is 17.9 Å². The van der Waals surface area contributed by atoms with Crippen LogP contribution in [0.25, 0.3) is 0 Å². The lowest BCUT2D eigenvalue weighted by molar-refractivity contribution is -0.929. The second-order valence-electron chi connectivity index (χ2n) is 1.79. The Morgan fingerprint density at radius 1 is 2.00 bits per heavy atom. The highest BCUT2D eigenvalue weighted by atomic mass is 31.0. The van der Waals surface area contributed by atoms with E-state index in [1.54, 1.807) is 0 Å². The zero-order valence-corrected chi connectivity index (χ0v) is 6.41. The number of quaternary nitrogens is 1. The number of nitrogens with one attached hydrogen (secondary N) is 1. The van der Waals surface area contributed by atoms with Crippen LogP contribution in [0.5, 0.6) is 0 Å². The molecule has 0 bridgehead atoms. The largest absolute Gasteiger partial charge is 0.611 e. The number of hydrogen-bond donors (Lipinski definition) is 2. The summed E-state index contributed by atoms with van der Waals surface area (Å²) in [6, 6.07) is 0. The van der Waals surface area contributed by atoms with Crippen LogP contribution in [-0.2, 0) is 4.52 Å². The minimum Gasteiger partial charge on any atom is -0.611 e. The quantitative estimate of drug-likeness (QED) is 0.177. The summed E-state index contributed by atoms with van der Waals surface area (Å²) in [5, 5.41) is 9.95. The van der Waals surface area contributed by atoms with Gasteiger partial charge in [-0.25, -0.2) is 0 Å². The van der Waals surface area contributed by atoms with Gasteiger partial charge in [-0.05, 0) is 6.08 Å². The van der Waals surface area contributed by atoms with Crippen LogP contribution in [0.15, 0.2) is 12.7 Å². The standard InChI is InChI=1S/C4H11N2O2P/c1-3-4(2,8-9)6(5)7/h3,6H,1,5,9H2,2H3. The van der Waals surface area contributed by atoms with Crippen molar-refractivity contribution in [1.29, 1.82) is 0 Å². The summed E-state index contributed by atoms with van der Waals surface area (Å²) in [6.07, 6.45) is 1.35. The highest BCUT2D eigenvalue weighted by molar-refractivity contribution is 7.09. The van der Waals surface area contributed by atoms with E-state index in [1.165, 1.54) is 13.0 Å². The highest BCUT2D eigenvalue weighted by Gasteiger charge is 2.24. The van der Waals surface area contributed by atoms with Gasteiger partial charge in [0.25, 0.3) is 0 Å². The Morgan fingerprint density at radius 3 is 2.44 bits per heavy atom. The molecule has 0 aliphatic carbocycles. The fraction of sp³-hybridized carbons (Fsp3) is 0.500. The fourth-order valence-corrected chi connectivity index (χ4v) is 0.419. The first kappa shape index (κ1) is 9.01. The topological polar surface area (TPSA) is 62.8 Å². The van der Waals surface area contributed by atoms with Gasteiger partial charge in [0.15, 0.2) is 0 Å². The number of rotatable bonds is 3. The predicted molar refractivity (Wildman–Crippen MR) is 37.9 cm³/mol. The van der Waals surface area contributed by atoms with Crippen molar-refractivity contribution in [2.24, 2.45) is 5.84 Å². The van der Waals surface area contributed by atoms with Crippen LogP contribution in [-0.4, -0.2) is 5.72 Å². The molecule has 3 atom stereocenters. The molecule has 0 saturated carbocycles. The zero-order valence-electron chi connectivity index (χ0n) is 5.26. The minimum atomic E-state index is -1.05. The van der Waals surface area contributed by atoms with Crippen molar-refractivity contribution < 1.29 is 9.70 Å². The summed E-state index contributed by atoms with van der Waals surface area (Å²) in [6.45, 7) is 4.92. The van der Waals surface area contributed by atoms with E-state index in [4.69, 9.17) is 5.84 Å². The molecule has 9 heavy (non-hydrogen) atoms. The fourth-order valence-electron chi connectivity index (χ4n) is 0.207. The summed E-state index contributed by atoms with van der Waals surface area (Å²) in [5.74, 6) is 4.94. The third-order valence-electron chi connectivity index (χ3n) is 1.12. The molecule has 0 aliphatic heterocycles. The average Bonchev–Trinajstić information content (AvgIpc) is 1.86. The molecule has 54 valence electrons. The maximum Gasteiger partial charge on any atom is 0.238 e. The molecule has 0 spiro atoms. The van der Waals surface area contributed by atoms with Gasteiger partial charge in [0.05, 0.1) is 0 Å². The Balaban J connectivity index is 4.08. The molecule has 0 aliphatic rings. The Labute approximate surface area is 56.5 Å². The molecule has 0 saturated heterocycles. The smallest absolute Gasteiger partial charge is 0.238 e. The van der Waals surface area contributed by atoms with E-state index in [0.29, 0.717) is 0 Å². The van der Waals surface area contributed by atoms with Gasteiger partial charge in [-0.15, -0.1) is 0 Å². The molecule has 0 aromatic heterocycles. The Kier molecular flexibility index (Phi) is 3.25. The van der Waals surface area contributed by atoms with E-state index >= 15 is 0 Å². The molecule has 0 radical (unpaired) electrons. The Hall–Kier alpha value is 0.0100. The van der Waals surface area contributed by atoms with Crippen LogP contribution < -0.4 is 11.0 Å². The van der Waals surface area contributed by atoms with Crippen LogP contribution in [0.4, 0.5) is 0 Å². The first-order valence-corrected chi connectivity index (χ1v) is 2.85. The predicted octanol–water partition coefficient (Wildman–Crippen LogP) is -1.05. The van der Waals surface area contributed by atoms with Gasteiger partial charge in [0.1, 0.15) is 0 Å². The summed E-state index contributed by atoms with van der Waals surface area (Å²) in [5.41, 5.74) is -1.05. The van der Waals surface area contributed by atoms with E-state index in [9.17, 15) is 5.21 Å². The van der Waals surface area contributed by atoms with E-state index in [-0.39, 0.29) is 0 Å². The van der Waals surface area contributed by atoms with Gasteiger partial charge in [0.2, 0.25) is 5.72 Å². The molecule has 0 amide bonds. The second kappa shape index (κ2) is 3.25. The van der Waals surface area contributed by atoms with Gasteiger partial charge < -0.3 is 9.73 Å². The lowest BCUT2D eigenvalue weighted by Gasteiger charge is -2.31. The summed E-state index contributed by atoms with van der Waals surface area (Å²) >= 11 is 0. The normalized spacial score (nSPS) is 20.4. The van der Waals surface area contributed by atoms with Gasteiger partial charge in [-0.1, -0.05) is 6.58 Å². The van der Waals surface area contributed by atoms with Crippen molar-refractivity contribution in [1.82, 2.24) is 0 Å². The van der Waals surface area contributed by atoms with E-state index < -0.39 is 10.9 Å². The molecule has 0 heterocycles. The minimum absolute atomic E-state index is 0.549. The van der Waals surface area contributed by atoms with Crippen LogP contribution in [0, 0.1) is 5.21 Å². The monoisotopic (exact) mass is 150 g/mol. The summed E-state index contributed by atoms with van der Waals surface area (Å²) in [7, 11) is 1.97. The van der Waals surface area contributed by atoms with Gasteiger partial charge in [-0.3, -0.25) is 5.17 Å². The van der Waals surface area contributed by atoms with E-state index in [0.717, 1.165) is 0 Å².